The number of halogens is 1. The molecule has 0 spiro atoms. The molecule has 3 aromatic rings. The minimum absolute atomic E-state index is 0.506. The van der Waals surface area contributed by atoms with E-state index in [0.717, 1.165) is 41.4 Å². The molecule has 0 unspecified atom stereocenters. The van der Waals surface area contributed by atoms with Crippen LogP contribution in [0.3, 0.4) is 0 Å². The summed E-state index contributed by atoms with van der Waals surface area (Å²) in [5, 5.41) is 13.9. The molecule has 0 atom stereocenters. The summed E-state index contributed by atoms with van der Waals surface area (Å²) in [4.78, 5) is 12.5. The fraction of sp³-hybridized carbons (Fsp3) is 0.222. The van der Waals surface area contributed by atoms with E-state index in [-0.39, 0.29) is 0 Å². The number of pyridine rings is 1. The highest BCUT2D eigenvalue weighted by molar-refractivity contribution is 6.29. The molecule has 0 bridgehead atoms. The van der Waals surface area contributed by atoms with E-state index >= 15 is 0 Å². The average molecular weight is 370 g/mol. The predicted octanol–water partition coefficient (Wildman–Crippen LogP) is 2.43. The highest BCUT2D eigenvalue weighted by atomic mass is 35.5. The summed E-state index contributed by atoms with van der Waals surface area (Å²) < 4.78 is 0. The number of nitrogens with zero attached hydrogens (tertiary/aromatic N) is 4. The maximum Gasteiger partial charge on any atom is 0.191 e. The monoisotopic (exact) mass is 369 g/mol. The zero-order chi connectivity index (χ0) is 18.2. The lowest BCUT2D eigenvalue weighted by molar-refractivity contribution is 0.793. The van der Waals surface area contributed by atoms with Gasteiger partial charge in [-0.15, -0.1) is 0 Å². The second-order valence-corrected chi connectivity index (χ2v) is 6.01. The molecule has 3 N–H and O–H groups in total. The van der Waals surface area contributed by atoms with Crippen LogP contribution in [-0.4, -0.2) is 39.7 Å². The quantitative estimate of drug-likeness (QED) is 0.352. The van der Waals surface area contributed by atoms with Crippen molar-refractivity contribution in [3.05, 3.63) is 65.2 Å². The number of hydrogen-bond donors (Lipinski definition) is 3. The van der Waals surface area contributed by atoms with Crippen LogP contribution in [0.15, 0.2) is 53.9 Å². The number of guanidine groups is 1. The van der Waals surface area contributed by atoms with Crippen molar-refractivity contribution in [3.63, 3.8) is 0 Å². The van der Waals surface area contributed by atoms with Crippen molar-refractivity contribution in [2.24, 2.45) is 4.99 Å². The number of aromatic nitrogens is 4. The first-order chi connectivity index (χ1) is 12.7. The van der Waals surface area contributed by atoms with Crippen molar-refractivity contribution in [2.75, 3.05) is 13.6 Å². The van der Waals surface area contributed by atoms with Crippen LogP contribution in [-0.2, 0) is 13.0 Å². The van der Waals surface area contributed by atoms with Gasteiger partial charge in [0.25, 0.3) is 0 Å². The third-order valence-electron chi connectivity index (χ3n) is 3.79. The molecule has 0 amide bonds. The summed E-state index contributed by atoms with van der Waals surface area (Å²) in [6.45, 7) is 1.41. The Labute approximate surface area is 157 Å². The zero-order valence-electron chi connectivity index (χ0n) is 14.4. The van der Waals surface area contributed by atoms with E-state index in [2.05, 4.69) is 47.9 Å². The fourth-order valence-corrected chi connectivity index (χ4v) is 2.57. The highest BCUT2D eigenvalue weighted by Crippen LogP contribution is 2.15. The number of benzene rings is 1. The predicted molar refractivity (Wildman–Crippen MR) is 103 cm³/mol. The maximum absolute atomic E-state index is 5.80. The molecule has 7 nitrogen and oxygen atoms in total. The molecule has 0 radical (unpaired) electrons. The molecule has 1 aromatic carbocycles. The molecule has 0 saturated carbocycles. The number of aliphatic imine (C=N–C) groups is 1. The molecule has 2 aromatic heterocycles. The molecule has 2 heterocycles. The minimum atomic E-state index is 0.506. The first-order valence-electron chi connectivity index (χ1n) is 8.24. The van der Waals surface area contributed by atoms with Gasteiger partial charge in [-0.05, 0) is 29.7 Å². The summed E-state index contributed by atoms with van der Waals surface area (Å²) in [5.74, 6) is 1.50. The highest BCUT2D eigenvalue weighted by Gasteiger charge is 2.03. The van der Waals surface area contributed by atoms with E-state index in [9.17, 15) is 0 Å². The largest absolute Gasteiger partial charge is 0.356 e. The fourth-order valence-electron chi connectivity index (χ4n) is 2.46. The van der Waals surface area contributed by atoms with Crippen LogP contribution in [0.4, 0.5) is 0 Å². The van der Waals surface area contributed by atoms with Gasteiger partial charge in [0, 0.05) is 31.9 Å². The summed E-state index contributed by atoms with van der Waals surface area (Å²) in [6.07, 6.45) is 4.13. The normalized spacial score (nSPS) is 11.4. The van der Waals surface area contributed by atoms with Crippen molar-refractivity contribution >= 4 is 17.6 Å². The van der Waals surface area contributed by atoms with Gasteiger partial charge >= 0.3 is 0 Å². The first kappa shape index (κ1) is 17.9. The van der Waals surface area contributed by atoms with E-state index in [1.165, 1.54) is 6.33 Å². The summed E-state index contributed by atoms with van der Waals surface area (Å²) in [7, 11) is 1.75. The van der Waals surface area contributed by atoms with E-state index in [4.69, 9.17) is 11.6 Å². The third kappa shape index (κ3) is 5.03. The van der Waals surface area contributed by atoms with Crippen molar-refractivity contribution in [1.29, 1.82) is 0 Å². The van der Waals surface area contributed by atoms with Crippen molar-refractivity contribution in [3.8, 4) is 11.4 Å². The van der Waals surface area contributed by atoms with Gasteiger partial charge in [-0.1, -0.05) is 35.9 Å². The number of H-pyrrole nitrogens is 1. The second kappa shape index (κ2) is 8.96. The van der Waals surface area contributed by atoms with Crippen LogP contribution in [0.1, 0.15) is 11.1 Å². The van der Waals surface area contributed by atoms with Gasteiger partial charge in [0.15, 0.2) is 11.8 Å². The van der Waals surface area contributed by atoms with Gasteiger partial charge < -0.3 is 10.6 Å². The Morgan fingerprint density at radius 3 is 2.81 bits per heavy atom. The lowest BCUT2D eigenvalue weighted by atomic mass is 10.1. The molecule has 0 aliphatic carbocycles. The Kier molecular flexibility index (Phi) is 6.16. The molecule has 26 heavy (non-hydrogen) atoms. The van der Waals surface area contributed by atoms with E-state index < -0.39 is 0 Å². The van der Waals surface area contributed by atoms with Crippen LogP contribution in [0.25, 0.3) is 11.4 Å². The summed E-state index contributed by atoms with van der Waals surface area (Å²) >= 11 is 5.80. The molecule has 3 rings (SSSR count). The van der Waals surface area contributed by atoms with E-state index in [1.54, 1.807) is 19.3 Å². The zero-order valence-corrected chi connectivity index (χ0v) is 15.2. The Bertz CT molecular complexity index is 844. The van der Waals surface area contributed by atoms with Crippen LogP contribution in [0.2, 0.25) is 5.15 Å². The molecule has 0 aliphatic rings. The number of rotatable bonds is 6. The van der Waals surface area contributed by atoms with E-state index in [0.29, 0.717) is 11.7 Å². The number of aromatic amines is 1. The third-order valence-corrected chi connectivity index (χ3v) is 4.02. The van der Waals surface area contributed by atoms with Crippen molar-refractivity contribution < 1.29 is 0 Å². The van der Waals surface area contributed by atoms with Crippen LogP contribution < -0.4 is 10.6 Å². The van der Waals surface area contributed by atoms with Crippen molar-refractivity contribution in [1.82, 2.24) is 30.8 Å². The minimum Gasteiger partial charge on any atom is -0.356 e. The average Bonchev–Trinajstić information content (AvgIpc) is 3.21. The molecule has 0 fully saturated rings. The topological polar surface area (TPSA) is 90.9 Å². The van der Waals surface area contributed by atoms with Crippen LogP contribution >= 0.6 is 11.6 Å². The molecule has 8 heteroatoms. The lowest BCUT2D eigenvalue weighted by Gasteiger charge is -2.12. The van der Waals surface area contributed by atoms with Gasteiger partial charge in [-0.25, -0.2) is 9.97 Å². The van der Waals surface area contributed by atoms with Gasteiger partial charge in [0.2, 0.25) is 0 Å². The smallest absolute Gasteiger partial charge is 0.191 e. The summed E-state index contributed by atoms with van der Waals surface area (Å²) in [5.41, 5.74) is 3.25. The van der Waals surface area contributed by atoms with E-state index in [1.807, 2.05) is 18.2 Å². The Morgan fingerprint density at radius 2 is 2.08 bits per heavy atom. The number of hydrogen-bond acceptors (Lipinski definition) is 4. The molecule has 0 saturated heterocycles. The second-order valence-electron chi connectivity index (χ2n) is 5.63. The SMILES string of the molecule is CN=C(NCCc1ccc(Cl)nc1)NCc1cccc(-c2ncn[nH]2)c1. The van der Waals surface area contributed by atoms with Crippen molar-refractivity contribution in [2.45, 2.75) is 13.0 Å². The Balaban J connectivity index is 1.49. The molecular weight excluding hydrogens is 350 g/mol. The van der Waals surface area contributed by atoms with Crippen LogP contribution in [0, 0.1) is 0 Å². The molecule has 134 valence electrons. The van der Waals surface area contributed by atoms with Gasteiger partial charge in [0.05, 0.1) is 0 Å². The van der Waals surface area contributed by atoms with Crippen LogP contribution in [0.5, 0.6) is 0 Å². The summed E-state index contributed by atoms with van der Waals surface area (Å²) in [6, 6.07) is 11.9. The van der Waals surface area contributed by atoms with Gasteiger partial charge in [-0.3, -0.25) is 10.1 Å². The standard InChI is InChI=1S/C18H20ClN7/c1-20-18(21-8-7-13-5-6-16(19)22-10-13)23-11-14-3-2-4-15(9-14)17-24-12-25-26-17/h2-6,9-10,12H,7-8,11H2,1H3,(H2,20,21,23)(H,24,25,26). The van der Waals surface area contributed by atoms with Gasteiger partial charge in [0.1, 0.15) is 11.5 Å². The Morgan fingerprint density at radius 1 is 1.15 bits per heavy atom. The first-order valence-corrected chi connectivity index (χ1v) is 8.62. The maximum atomic E-state index is 5.80. The van der Waals surface area contributed by atoms with Gasteiger partial charge in [-0.2, -0.15) is 5.10 Å². The Hall–Kier alpha value is -2.93. The number of nitrogens with one attached hydrogen (secondary N) is 3. The lowest BCUT2D eigenvalue weighted by Crippen LogP contribution is -2.37. The molecule has 0 aliphatic heterocycles. The molecular formula is C18H20ClN7.